The summed E-state index contributed by atoms with van der Waals surface area (Å²) < 4.78 is 29.8. The fourth-order valence-corrected chi connectivity index (χ4v) is 6.76. The van der Waals surface area contributed by atoms with Crippen molar-refractivity contribution in [3.63, 3.8) is 0 Å². The number of rotatable bonds is 14. The number of amides is 2. The Bertz CT molecular complexity index is 1710. The third kappa shape index (κ3) is 8.77. The number of carbonyl (C=O) groups is 2. The summed E-state index contributed by atoms with van der Waals surface area (Å²) in [6.45, 7) is 7.31. The summed E-state index contributed by atoms with van der Waals surface area (Å²) in [7, 11) is -4.17. The Balaban J connectivity index is 1.83. The molecule has 0 heterocycles. The summed E-state index contributed by atoms with van der Waals surface area (Å²) in [5.41, 5.74) is 3.76. The smallest absolute Gasteiger partial charge is 0.264 e. The van der Waals surface area contributed by atoms with Crippen molar-refractivity contribution in [3.8, 4) is 0 Å². The molecule has 0 fully saturated rings. The lowest BCUT2D eigenvalue weighted by atomic mass is 10.0. The molecule has 0 aromatic heterocycles. The minimum Gasteiger partial charge on any atom is -0.352 e. The average molecular weight is 660 g/mol. The minimum absolute atomic E-state index is 0.0786. The average Bonchev–Trinajstić information content (AvgIpc) is 3.06. The van der Waals surface area contributed by atoms with Crippen LogP contribution in [-0.4, -0.2) is 43.8 Å². The van der Waals surface area contributed by atoms with Gasteiger partial charge in [-0.3, -0.25) is 13.9 Å². The van der Waals surface area contributed by atoms with Gasteiger partial charge in [0.25, 0.3) is 10.0 Å². The topological polar surface area (TPSA) is 86.8 Å². The Hall–Kier alpha value is -4.14. The maximum Gasteiger partial charge on any atom is 0.264 e. The molecule has 4 rings (SSSR count). The second-order valence-electron chi connectivity index (χ2n) is 11.5. The molecule has 0 aliphatic rings. The van der Waals surface area contributed by atoms with Crippen LogP contribution in [0, 0.1) is 6.92 Å². The molecule has 9 heteroatoms. The highest BCUT2D eigenvalue weighted by Gasteiger charge is 2.35. The van der Waals surface area contributed by atoms with E-state index in [1.165, 1.54) is 9.21 Å². The van der Waals surface area contributed by atoms with E-state index < -0.39 is 28.5 Å². The van der Waals surface area contributed by atoms with Crippen molar-refractivity contribution in [2.45, 2.75) is 70.5 Å². The van der Waals surface area contributed by atoms with Crippen molar-refractivity contribution in [2.75, 3.05) is 10.8 Å². The molecule has 1 N–H and O–H groups in total. The van der Waals surface area contributed by atoms with Gasteiger partial charge in [0.05, 0.1) is 10.6 Å². The van der Waals surface area contributed by atoms with E-state index >= 15 is 0 Å². The number of carbonyl (C=O) groups excluding carboxylic acids is 2. The van der Waals surface area contributed by atoms with E-state index in [1.807, 2.05) is 82.3 Å². The van der Waals surface area contributed by atoms with E-state index in [1.54, 1.807) is 48.5 Å². The van der Waals surface area contributed by atoms with Crippen LogP contribution in [0.3, 0.4) is 0 Å². The lowest BCUT2D eigenvalue weighted by Gasteiger charge is -2.34. The Morgan fingerprint density at radius 1 is 0.826 bits per heavy atom. The standard InChI is InChI=1S/C37H42ClN3O4S/c1-5-28(4)39-37(43)35(24-29-12-8-7-9-13-29)40(25-30-18-20-32(38)21-19-30)36(42)26-41(34-15-11-10-14-31(34)6-2)46(44,45)33-22-16-27(3)17-23-33/h7-23,28,35H,5-6,24-26H2,1-4H3,(H,39,43). The first kappa shape index (κ1) is 34.7. The molecule has 2 amide bonds. The number of halogens is 1. The molecule has 46 heavy (non-hydrogen) atoms. The number of para-hydroxylation sites is 1. The Morgan fingerprint density at radius 2 is 1.46 bits per heavy atom. The Labute approximate surface area is 278 Å². The second kappa shape index (κ2) is 15.9. The van der Waals surface area contributed by atoms with Crippen molar-refractivity contribution in [3.05, 3.63) is 130 Å². The first-order valence-corrected chi connectivity index (χ1v) is 17.4. The number of hydrogen-bond acceptors (Lipinski definition) is 4. The molecule has 0 saturated carbocycles. The SMILES string of the molecule is CCc1ccccc1N(CC(=O)N(Cc1ccc(Cl)cc1)C(Cc1ccccc1)C(=O)NC(C)CC)S(=O)(=O)c1ccc(C)cc1. The van der Waals surface area contributed by atoms with Gasteiger partial charge >= 0.3 is 0 Å². The van der Waals surface area contributed by atoms with Crippen LogP contribution in [0.5, 0.6) is 0 Å². The zero-order valence-corrected chi connectivity index (χ0v) is 28.4. The fraction of sp³-hybridized carbons (Fsp3) is 0.297. The zero-order chi connectivity index (χ0) is 33.3. The van der Waals surface area contributed by atoms with Gasteiger partial charge in [0, 0.05) is 24.0 Å². The Morgan fingerprint density at radius 3 is 2.09 bits per heavy atom. The number of nitrogens with one attached hydrogen (secondary N) is 1. The van der Waals surface area contributed by atoms with Crippen LogP contribution in [0.1, 0.15) is 49.4 Å². The number of nitrogens with zero attached hydrogens (tertiary/aromatic N) is 2. The first-order chi connectivity index (χ1) is 22.0. The van der Waals surface area contributed by atoms with E-state index in [9.17, 15) is 18.0 Å². The molecule has 0 saturated heterocycles. The van der Waals surface area contributed by atoms with Gasteiger partial charge in [0.1, 0.15) is 12.6 Å². The number of benzene rings is 4. The highest BCUT2D eigenvalue weighted by molar-refractivity contribution is 7.92. The highest BCUT2D eigenvalue weighted by atomic mass is 35.5. The number of hydrogen-bond donors (Lipinski definition) is 1. The summed E-state index contributed by atoms with van der Waals surface area (Å²) in [6, 6.07) is 29.3. The molecule has 0 aliphatic carbocycles. The molecule has 242 valence electrons. The van der Waals surface area contributed by atoms with Gasteiger partial charge in [-0.15, -0.1) is 0 Å². The number of aryl methyl sites for hydroxylation is 2. The first-order valence-electron chi connectivity index (χ1n) is 15.6. The summed E-state index contributed by atoms with van der Waals surface area (Å²) in [6.07, 6.45) is 1.52. The molecule has 0 radical (unpaired) electrons. The van der Waals surface area contributed by atoms with Crippen LogP contribution < -0.4 is 9.62 Å². The highest BCUT2D eigenvalue weighted by Crippen LogP contribution is 2.29. The summed E-state index contributed by atoms with van der Waals surface area (Å²) in [4.78, 5) is 30.2. The van der Waals surface area contributed by atoms with Crippen molar-refractivity contribution in [1.82, 2.24) is 10.2 Å². The molecular formula is C37H42ClN3O4S. The lowest BCUT2D eigenvalue weighted by Crippen LogP contribution is -2.54. The van der Waals surface area contributed by atoms with Gasteiger partial charge in [0.15, 0.2) is 0 Å². The molecule has 2 unspecified atom stereocenters. The second-order valence-corrected chi connectivity index (χ2v) is 13.8. The quantitative estimate of drug-likeness (QED) is 0.159. The molecule has 4 aromatic rings. The van der Waals surface area contributed by atoms with Gasteiger partial charge in [-0.05, 0) is 73.7 Å². The third-order valence-corrected chi connectivity index (χ3v) is 10.1. The van der Waals surface area contributed by atoms with Crippen molar-refractivity contribution < 1.29 is 18.0 Å². The van der Waals surface area contributed by atoms with Gasteiger partial charge in [-0.1, -0.05) is 104 Å². The summed E-state index contributed by atoms with van der Waals surface area (Å²) >= 11 is 6.17. The monoisotopic (exact) mass is 659 g/mol. The maximum atomic E-state index is 14.6. The van der Waals surface area contributed by atoms with E-state index in [0.717, 1.165) is 22.3 Å². The zero-order valence-electron chi connectivity index (χ0n) is 26.8. The lowest BCUT2D eigenvalue weighted by molar-refractivity contribution is -0.140. The van der Waals surface area contributed by atoms with Crippen molar-refractivity contribution in [1.29, 1.82) is 0 Å². The Kier molecular flexibility index (Phi) is 12.0. The van der Waals surface area contributed by atoms with Crippen LogP contribution in [-0.2, 0) is 39.0 Å². The number of sulfonamides is 1. The molecule has 7 nitrogen and oxygen atoms in total. The van der Waals surface area contributed by atoms with Crippen LogP contribution in [0.2, 0.25) is 5.02 Å². The maximum absolute atomic E-state index is 14.6. The van der Waals surface area contributed by atoms with Gasteiger partial charge < -0.3 is 10.2 Å². The van der Waals surface area contributed by atoms with Gasteiger partial charge in [-0.25, -0.2) is 8.42 Å². The predicted octanol–water partition coefficient (Wildman–Crippen LogP) is 6.96. The van der Waals surface area contributed by atoms with Crippen molar-refractivity contribution >= 4 is 39.1 Å². The van der Waals surface area contributed by atoms with Crippen LogP contribution in [0.15, 0.2) is 108 Å². The van der Waals surface area contributed by atoms with Gasteiger partial charge in [-0.2, -0.15) is 0 Å². The largest absolute Gasteiger partial charge is 0.352 e. The normalized spacial score (nSPS) is 12.6. The van der Waals surface area contributed by atoms with E-state index in [2.05, 4.69) is 5.32 Å². The van der Waals surface area contributed by atoms with E-state index in [4.69, 9.17) is 11.6 Å². The molecule has 0 bridgehead atoms. The molecule has 4 aromatic carbocycles. The van der Waals surface area contributed by atoms with E-state index in [0.29, 0.717) is 23.6 Å². The van der Waals surface area contributed by atoms with Crippen molar-refractivity contribution in [2.24, 2.45) is 0 Å². The fourth-order valence-electron chi connectivity index (χ4n) is 5.19. The van der Waals surface area contributed by atoms with Crippen LogP contribution in [0.4, 0.5) is 5.69 Å². The molecular weight excluding hydrogens is 618 g/mol. The minimum atomic E-state index is -4.17. The van der Waals surface area contributed by atoms with E-state index in [-0.39, 0.29) is 29.8 Å². The molecule has 0 spiro atoms. The van der Waals surface area contributed by atoms with Gasteiger partial charge in [0.2, 0.25) is 11.8 Å². The number of anilines is 1. The third-order valence-electron chi connectivity index (χ3n) is 8.07. The molecule has 2 atom stereocenters. The summed E-state index contributed by atoms with van der Waals surface area (Å²) in [5.74, 6) is -0.806. The molecule has 0 aliphatic heterocycles. The van der Waals surface area contributed by atoms with Crippen LogP contribution >= 0.6 is 11.6 Å². The summed E-state index contributed by atoms with van der Waals surface area (Å²) in [5, 5.41) is 3.60. The van der Waals surface area contributed by atoms with Crippen LogP contribution in [0.25, 0.3) is 0 Å². The predicted molar refractivity (Wildman–Crippen MR) is 185 cm³/mol.